The molecule has 20 heavy (non-hydrogen) atoms. The Kier molecular flexibility index (Phi) is 6.62. The minimum absolute atomic E-state index is 0.217. The molecule has 0 heterocycles. The zero-order valence-electron chi connectivity index (χ0n) is 11.5. The highest BCUT2D eigenvalue weighted by Gasteiger charge is 2.05. The summed E-state index contributed by atoms with van der Waals surface area (Å²) >= 11 is 0. The van der Waals surface area contributed by atoms with Crippen LogP contribution in [0.4, 0.5) is 0 Å². The van der Waals surface area contributed by atoms with E-state index in [1.165, 1.54) is 6.21 Å². The maximum Gasteiger partial charge on any atom is 0.254 e. The second-order valence-corrected chi connectivity index (χ2v) is 3.70. The van der Waals surface area contributed by atoms with Crippen molar-refractivity contribution in [2.75, 3.05) is 13.2 Å². The van der Waals surface area contributed by atoms with E-state index in [2.05, 4.69) is 10.5 Å². The van der Waals surface area contributed by atoms with Gasteiger partial charge in [-0.25, -0.2) is 5.43 Å². The van der Waals surface area contributed by atoms with E-state index in [1.807, 2.05) is 13.8 Å². The molecule has 6 nitrogen and oxygen atoms in total. The Morgan fingerprint density at radius 3 is 2.70 bits per heavy atom. The van der Waals surface area contributed by atoms with Gasteiger partial charge in [0, 0.05) is 0 Å². The van der Waals surface area contributed by atoms with Crippen molar-refractivity contribution in [3.63, 3.8) is 0 Å². The van der Waals surface area contributed by atoms with E-state index in [0.717, 1.165) is 5.56 Å². The number of rotatable bonds is 7. The van der Waals surface area contributed by atoms with Gasteiger partial charge >= 0.3 is 0 Å². The van der Waals surface area contributed by atoms with Gasteiger partial charge in [-0.15, -0.1) is 0 Å². The third kappa shape index (κ3) is 4.98. The molecule has 0 aromatic heterocycles. The van der Waals surface area contributed by atoms with Gasteiger partial charge in [-0.1, -0.05) is 0 Å². The molecule has 1 aromatic rings. The molecule has 1 rings (SSSR count). The summed E-state index contributed by atoms with van der Waals surface area (Å²) in [6, 6.07) is 7.10. The third-order valence-corrected chi connectivity index (χ3v) is 2.21. The molecule has 1 amide bonds. The summed E-state index contributed by atoms with van der Waals surface area (Å²) < 4.78 is 10.9. The Labute approximate surface area is 118 Å². The smallest absolute Gasteiger partial charge is 0.254 e. The molecule has 0 saturated carbocycles. The summed E-state index contributed by atoms with van der Waals surface area (Å²) in [5.41, 5.74) is 3.02. The van der Waals surface area contributed by atoms with Crippen LogP contribution >= 0.6 is 0 Å². The number of hydrogen-bond acceptors (Lipinski definition) is 5. The van der Waals surface area contributed by atoms with E-state index in [9.17, 15) is 4.79 Å². The lowest BCUT2D eigenvalue weighted by atomic mass is 10.2. The maximum atomic E-state index is 11.0. The zero-order chi connectivity index (χ0) is 14.8. The van der Waals surface area contributed by atoms with Crippen LogP contribution in [0.3, 0.4) is 0 Å². The summed E-state index contributed by atoms with van der Waals surface area (Å²) in [6.07, 6.45) is 1.26. The van der Waals surface area contributed by atoms with Crippen LogP contribution in [0.25, 0.3) is 0 Å². The predicted octanol–water partition coefficient (Wildman–Crippen LogP) is 1.85. The van der Waals surface area contributed by atoms with Crippen LogP contribution < -0.4 is 14.9 Å². The number of nitrogens with zero attached hydrogens (tertiary/aromatic N) is 2. The maximum absolute atomic E-state index is 11.0. The van der Waals surface area contributed by atoms with Gasteiger partial charge in [-0.2, -0.15) is 10.4 Å². The molecule has 106 valence electrons. The Morgan fingerprint density at radius 1 is 1.35 bits per heavy atom. The summed E-state index contributed by atoms with van der Waals surface area (Å²) in [6.45, 7) is 4.87. The number of ether oxygens (including phenoxy) is 2. The first-order valence-corrected chi connectivity index (χ1v) is 6.29. The van der Waals surface area contributed by atoms with Crippen LogP contribution in [0.5, 0.6) is 11.5 Å². The van der Waals surface area contributed by atoms with Gasteiger partial charge in [-0.05, 0) is 37.6 Å². The quantitative estimate of drug-likeness (QED) is 0.608. The second kappa shape index (κ2) is 8.53. The number of carbonyl (C=O) groups is 1. The van der Waals surface area contributed by atoms with Crippen LogP contribution in [0.2, 0.25) is 0 Å². The summed E-state index contributed by atoms with van der Waals surface area (Å²) in [7, 11) is 0. The molecule has 0 spiro atoms. The van der Waals surface area contributed by atoms with Gasteiger partial charge in [0.05, 0.1) is 25.5 Å². The highest BCUT2D eigenvalue weighted by atomic mass is 16.5. The molecule has 1 N–H and O–H groups in total. The van der Waals surface area contributed by atoms with Gasteiger partial charge in [0.2, 0.25) is 0 Å². The fraction of sp³-hybridized carbons (Fsp3) is 0.357. The minimum Gasteiger partial charge on any atom is -0.490 e. The highest BCUT2D eigenvalue weighted by molar-refractivity contribution is 5.83. The zero-order valence-corrected chi connectivity index (χ0v) is 11.5. The summed E-state index contributed by atoms with van der Waals surface area (Å²) in [5.74, 6) is 0.849. The fourth-order valence-electron chi connectivity index (χ4n) is 1.44. The number of nitriles is 1. The van der Waals surface area contributed by atoms with E-state index in [4.69, 9.17) is 14.7 Å². The molecule has 1 aromatic carbocycles. The van der Waals surface area contributed by atoms with Crippen LogP contribution in [-0.4, -0.2) is 25.3 Å². The van der Waals surface area contributed by atoms with Crippen LogP contribution in [0.1, 0.15) is 25.8 Å². The number of amides is 1. The largest absolute Gasteiger partial charge is 0.490 e. The Balaban J connectivity index is 2.76. The van der Waals surface area contributed by atoms with E-state index in [0.29, 0.717) is 24.7 Å². The van der Waals surface area contributed by atoms with Gasteiger partial charge in [-0.3, -0.25) is 4.79 Å². The lowest BCUT2D eigenvalue weighted by Crippen LogP contribution is -2.16. The SMILES string of the molecule is CCOc1ccc(/C=N/NC(=O)CC#N)cc1OCC. The van der Waals surface area contributed by atoms with E-state index >= 15 is 0 Å². The Hall–Kier alpha value is -2.55. The number of hydrazone groups is 1. The molecule has 6 heteroatoms. The van der Waals surface area contributed by atoms with Crippen molar-refractivity contribution >= 4 is 12.1 Å². The van der Waals surface area contributed by atoms with Crippen molar-refractivity contribution in [3.05, 3.63) is 23.8 Å². The fourth-order valence-corrected chi connectivity index (χ4v) is 1.44. The van der Waals surface area contributed by atoms with Crippen molar-refractivity contribution in [2.24, 2.45) is 5.10 Å². The number of nitrogens with one attached hydrogen (secondary N) is 1. The lowest BCUT2D eigenvalue weighted by molar-refractivity contribution is -0.120. The normalized spacial score (nSPS) is 10.1. The van der Waals surface area contributed by atoms with E-state index in [-0.39, 0.29) is 6.42 Å². The minimum atomic E-state index is -0.445. The third-order valence-electron chi connectivity index (χ3n) is 2.21. The number of benzene rings is 1. The molecule has 0 unspecified atom stereocenters. The monoisotopic (exact) mass is 275 g/mol. The highest BCUT2D eigenvalue weighted by Crippen LogP contribution is 2.27. The van der Waals surface area contributed by atoms with E-state index in [1.54, 1.807) is 24.3 Å². The molecular formula is C14H17N3O3. The Bertz CT molecular complexity index is 521. The molecule has 0 atom stereocenters. The average molecular weight is 275 g/mol. The molecule has 0 radical (unpaired) electrons. The van der Waals surface area contributed by atoms with Crippen LogP contribution in [0.15, 0.2) is 23.3 Å². The van der Waals surface area contributed by atoms with Crippen LogP contribution in [0, 0.1) is 11.3 Å². The first kappa shape index (κ1) is 15.5. The van der Waals surface area contributed by atoms with Crippen molar-refractivity contribution < 1.29 is 14.3 Å². The van der Waals surface area contributed by atoms with Crippen molar-refractivity contribution in [1.29, 1.82) is 5.26 Å². The standard InChI is InChI=1S/C14H17N3O3/c1-3-19-12-6-5-11(9-13(12)20-4-2)10-16-17-14(18)7-8-15/h5-6,9-10H,3-4,7H2,1-2H3,(H,17,18)/b16-10+. The topological polar surface area (TPSA) is 83.7 Å². The van der Waals surface area contributed by atoms with Gasteiger partial charge < -0.3 is 9.47 Å². The molecule has 0 aliphatic rings. The van der Waals surface area contributed by atoms with Crippen LogP contribution in [-0.2, 0) is 4.79 Å². The summed E-state index contributed by atoms with van der Waals surface area (Å²) in [4.78, 5) is 11.0. The molecule has 0 fully saturated rings. The van der Waals surface area contributed by atoms with E-state index < -0.39 is 5.91 Å². The number of carbonyl (C=O) groups excluding carboxylic acids is 1. The first-order valence-electron chi connectivity index (χ1n) is 6.29. The molecule has 0 aliphatic heterocycles. The van der Waals surface area contributed by atoms with Gasteiger partial charge in [0.25, 0.3) is 5.91 Å². The average Bonchev–Trinajstić information content (AvgIpc) is 2.42. The van der Waals surface area contributed by atoms with Gasteiger partial charge in [0.15, 0.2) is 11.5 Å². The molecule has 0 saturated heterocycles. The van der Waals surface area contributed by atoms with Crippen molar-refractivity contribution in [2.45, 2.75) is 20.3 Å². The first-order chi connectivity index (χ1) is 9.71. The molecule has 0 bridgehead atoms. The molecular weight excluding hydrogens is 258 g/mol. The molecule has 0 aliphatic carbocycles. The summed E-state index contributed by atoms with van der Waals surface area (Å²) in [5, 5.41) is 12.1. The number of hydrogen-bond donors (Lipinski definition) is 1. The van der Waals surface area contributed by atoms with Crippen molar-refractivity contribution in [1.82, 2.24) is 5.43 Å². The Morgan fingerprint density at radius 2 is 2.05 bits per heavy atom. The van der Waals surface area contributed by atoms with Gasteiger partial charge in [0.1, 0.15) is 6.42 Å². The second-order valence-electron chi connectivity index (χ2n) is 3.70. The predicted molar refractivity (Wildman–Crippen MR) is 74.7 cm³/mol. The lowest BCUT2D eigenvalue weighted by Gasteiger charge is -2.11. The van der Waals surface area contributed by atoms with Crippen molar-refractivity contribution in [3.8, 4) is 17.6 Å².